The Balaban J connectivity index is 1.87. The molecule has 1 amide bonds. The quantitative estimate of drug-likeness (QED) is 0.825. The Kier molecular flexibility index (Phi) is 5.73. The van der Waals surface area contributed by atoms with E-state index in [1.165, 1.54) is 18.5 Å². The molecule has 0 spiro atoms. The Bertz CT molecular complexity index is 836. The molecule has 0 radical (unpaired) electrons. The van der Waals surface area contributed by atoms with E-state index in [0.717, 1.165) is 24.8 Å². The van der Waals surface area contributed by atoms with Crippen molar-refractivity contribution in [2.45, 2.75) is 31.9 Å². The number of alkyl halides is 3. The molecule has 1 aliphatic carbocycles. The van der Waals surface area contributed by atoms with Crippen LogP contribution in [0.25, 0.3) is 5.57 Å². The number of rotatable bonds is 5. The maximum Gasteiger partial charge on any atom is 0.422 e. The van der Waals surface area contributed by atoms with Crippen molar-refractivity contribution in [3.8, 4) is 5.88 Å². The van der Waals surface area contributed by atoms with Gasteiger partial charge in [-0.2, -0.15) is 13.2 Å². The number of carbonyl (C=O) groups excluding carboxylic acids is 1. The molecule has 0 bridgehead atoms. The first-order valence-corrected chi connectivity index (χ1v) is 8.53. The third-order valence-corrected chi connectivity index (χ3v) is 4.04. The predicted octanol–water partition coefficient (Wildman–Crippen LogP) is 4.63. The van der Waals surface area contributed by atoms with Crippen molar-refractivity contribution < 1.29 is 22.7 Å². The second-order valence-corrected chi connectivity index (χ2v) is 6.15. The van der Waals surface area contributed by atoms with E-state index >= 15 is 0 Å². The Morgan fingerprint density at radius 3 is 2.78 bits per heavy atom. The van der Waals surface area contributed by atoms with Crippen LogP contribution in [-0.2, 0) is 0 Å². The van der Waals surface area contributed by atoms with Gasteiger partial charge in [-0.25, -0.2) is 4.98 Å². The van der Waals surface area contributed by atoms with Gasteiger partial charge in [0.05, 0.1) is 17.4 Å². The van der Waals surface area contributed by atoms with E-state index in [-0.39, 0.29) is 11.4 Å². The molecule has 0 fully saturated rings. The summed E-state index contributed by atoms with van der Waals surface area (Å²) in [4.78, 5) is 20.4. The first kappa shape index (κ1) is 18.9. The minimum atomic E-state index is -4.46. The number of pyridine rings is 2. The fourth-order valence-corrected chi connectivity index (χ4v) is 2.79. The zero-order valence-electron chi connectivity index (χ0n) is 14.4. The minimum Gasteiger partial charge on any atom is -0.468 e. The number of hydrogen-bond acceptors (Lipinski definition) is 4. The van der Waals surface area contributed by atoms with Crippen LogP contribution in [0.2, 0.25) is 0 Å². The van der Waals surface area contributed by atoms with Gasteiger partial charge < -0.3 is 10.1 Å². The van der Waals surface area contributed by atoms with Gasteiger partial charge in [0.1, 0.15) is 0 Å². The molecule has 1 aliphatic rings. The number of amides is 1. The number of anilines is 1. The minimum absolute atomic E-state index is 0.113. The third kappa shape index (κ3) is 5.29. The molecule has 8 heteroatoms. The molecule has 142 valence electrons. The van der Waals surface area contributed by atoms with Crippen LogP contribution in [-0.4, -0.2) is 28.7 Å². The average Bonchev–Trinajstić information content (AvgIpc) is 2.67. The van der Waals surface area contributed by atoms with Crippen molar-refractivity contribution in [2.24, 2.45) is 0 Å². The summed E-state index contributed by atoms with van der Waals surface area (Å²) < 4.78 is 42.5. The number of nitrogens with zero attached hydrogens (tertiary/aromatic N) is 2. The summed E-state index contributed by atoms with van der Waals surface area (Å²) in [7, 11) is 0. The molecule has 0 unspecified atom stereocenters. The Labute approximate surface area is 154 Å². The standard InChI is InChI=1S/C19H18F3N3O2/c20-19(21,22)12-27-18-16(13-5-2-1-3-6-13)9-14(10-24-18)17(26)25-15-7-4-8-23-11-15/h4-5,7-11H,1-3,6,12H2,(H,25,26). The van der Waals surface area contributed by atoms with Crippen LogP contribution < -0.4 is 10.1 Å². The number of hydrogen-bond donors (Lipinski definition) is 1. The summed E-state index contributed by atoms with van der Waals surface area (Å²) in [6, 6.07) is 4.89. The number of allylic oxidation sites excluding steroid dienone is 2. The fourth-order valence-electron chi connectivity index (χ4n) is 2.79. The van der Waals surface area contributed by atoms with E-state index in [9.17, 15) is 18.0 Å². The highest BCUT2D eigenvalue weighted by atomic mass is 19.4. The summed E-state index contributed by atoms with van der Waals surface area (Å²) in [5.74, 6) is -0.533. The molecular weight excluding hydrogens is 359 g/mol. The Morgan fingerprint density at radius 2 is 2.11 bits per heavy atom. The van der Waals surface area contributed by atoms with Gasteiger partial charge in [0, 0.05) is 18.0 Å². The van der Waals surface area contributed by atoms with Crippen LogP contribution in [0.5, 0.6) is 5.88 Å². The topological polar surface area (TPSA) is 64.1 Å². The molecule has 0 aliphatic heterocycles. The van der Waals surface area contributed by atoms with Crippen LogP contribution in [0, 0.1) is 0 Å². The van der Waals surface area contributed by atoms with Gasteiger partial charge in [0.15, 0.2) is 6.61 Å². The molecule has 2 aromatic rings. The lowest BCUT2D eigenvalue weighted by Crippen LogP contribution is -2.20. The van der Waals surface area contributed by atoms with Crippen molar-refractivity contribution in [1.82, 2.24) is 9.97 Å². The molecule has 2 aromatic heterocycles. The van der Waals surface area contributed by atoms with Gasteiger partial charge in [-0.3, -0.25) is 9.78 Å². The van der Waals surface area contributed by atoms with E-state index in [0.29, 0.717) is 17.7 Å². The van der Waals surface area contributed by atoms with Crippen molar-refractivity contribution >= 4 is 17.2 Å². The van der Waals surface area contributed by atoms with Gasteiger partial charge >= 0.3 is 6.18 Å². The number of carbonyl (C=O) groups is 1. The van der Waals surface area contributed by atoms with Gasteiger partial charge in [-0.1, -0.05) is 6.08 Å². The normalized spacial score (nSPS) is 14.4. The maximum absolute atomic E-state index is 12.5. The molecule has 0 atom stereocenters. The third-order valence-electron chi connectivity index (χ3n) is 4.04. The smallest absolute Gasteiger partial charge is 0.422 e. The average molecular weight is 377 g/mol. The van der Waals surface area contributed by atoms with Gasteiger partial charge in [0.2, 0.25) is 5.88 Å². The predicted molar refractivity (Wildman–Crippen MR) is 94.4 cm³/mol. The van der Waals surface area contributed by atoms with Crippen LogP contribution >= 0.6 is 0 Å². The highest BCUT2D eigenvalue weighted by Gasteiger charge is 2.29. The lowest BCUT2D eigenvalue weighted by atomic mass is 9.93. The Hall–Kier alpha value is -2.90. The lowest BCUT2D eigenvalue weighted by Gasteiger charge is -2.18. The SMILES string of the molecule is O=C(Nc1cccnc1)c1cnc(OCC(F)(F)F)c(C2=CCCCC2)c1. The molecule has 1 N–H and O–H groups in total. The van der Waals surface area contributed by atoms with E-state index in [4.69, 9.17) is 4.74 Å². The summed E-state index contributed by atoms with van der Waals surface area (Å²) in [6.07, 6.45) is 5.28. The first-order valence-electron chi connectivity index (χ1n) is 8.53. The van der Waals surface area contributed by atoms with Crippen LogP contribution in [0.1, 0.15) is 41.6 Å². The second-order valence-electron chi connectivity index (χ2n) is 6.15. The van der Waals surface area contributed by atoms with E-state index < -0.39 is 18.7 Å². The summed E-state index contributed by atoms with van der Waals surface area (Å²) in [6.45, 7) is -1.43. The zero-order chi connectivity index (χ0) is 19.3. The van der Waals surface area contributed by atoms with Gasteiger partial charge in [-0.15, -0.1) is 0 Å². The summed E-state index contributed by atoms with van der Waals surface area (Å²) >= 11 is 0. The van der Waals surface area contributed by atoms with Crippen molar-refractivity contribution in [3.05, 3.63) is 54.0 Å². The first-order chi connectivity index (χ1) is 12.9. The van der Waals surface area contributed by atoms with Crippen LogP contribution in [0.3, 0.4) is 0 Å². The van der Waals surface area contributed by atoms with Crippen molar-refractivity contribution in [3.63, 3.8) is 0 Å². The van der Waals surface area contributed by atoms with Crippen LogP contribution in [0.4, 0.5) is 18.9 Å². The van der Waals surface area contributed by atoms with Crippen molar-refractivity contribution in [1.29, 1.82) is 0 Å². The number of halogens is 3. The molecule has 0 saturated heterocycles. The zero-order valence-corrected chi connectivity index (χ0v) is 14.4. The summed E-state index contributed by atoms with van der Waals surface area (Å²) in [5.41, 5.74) is 2.03. The highest BCUT2D eigenvalue weighted by Crippen LogP contribution is 2.33. The maximum atomic E-state index is 12.5. The summed E-state index contributed by atoms with van der Waals surface area (Å²) in [5, 5.41) is 2.68. The molecule has 27 heavy (non-hydrogen) atoms. The molecule has 2 heterocycles. The number of aromatic nitrogens is 2. The molecule has 3 rings (SSSR count). The van der Waals surface area contributed by atoms with Crippen LogP contribution in [0.15, 0.2) is 42.9 Å². The lowest BCUT2D eigenvalue weighted by molar-refractivity contribution is -0.154. The van der Waals surface area contributed by atoms with Gasteiger partial charge in [0.25, 0.3) is 5.91 Å². The highest BCUT2D eigenvalue weighted by molar-refractivity contribution is 6.04. The second kappa shape index (κ2) is 8.20. The van der Waals surface area contributed by atoms with E-state index in [1.807, 2.05) is 6.08 Å². The van der Waals surface area contributed by atoms with E-state index in [1.54, 1.807) is 18.3 Å². The molecule has 0 aromatic carbocycles. The monoisotopic (exact) mass is 377 g/mol. The molecular formula is C19H18F3N3O2. The number of ether oxygens (including phenoxy) is 1. The van der Waals surface area contributed by atoms with E-state index in [2.05, 4.69) is 15.3 Å². The fraction of sp³-hybridized carbons (Fsp3) is 0.316. The largest absolute Gasteiger partial charge is 0.468 e. The van der Waals surface area contributed by atoms with Crippen molar-refractivity contribution in [2.75, 3.05) is 11.9 Å². The van der Waals surface area contributed by atoms with Gasteiger partial charge in [-0.05, 0) is 49.5 Å². The molecule has 5 nitrogen and oxygen atoms in total. The number of nitrogens with one attached hydrogen (secondary N) is 1. The Morgan fingerprint density at radius 1 is 1.26 bits per heavy atom. The molecule has 0 saturated carbocycles.